The average molecular weight is 1770 g/mol. The molecule has 6 atom stereocenters. The van der Waals surface area contributed by atoms with E-state index in [4.69, 9.17) is 42.4 Å². The van der Waals surface area contributed by atoms with Crippen LogP contribution in [-0.4, -0.2) is 194 Å². The number of carboxylic acid groups (broad SMARTS) is 3. The predicted molar refractivity (Wildman–Crippen MR) is 415 cm³/mol. The summed E-state index contributed by atoms with van der Waals surface area (Å²) in [5, 5.41) is 43.7. The molecule has 6 aliphatic rings. The van der Waals surface area contributed by atoms with E-state index in [0.717, 1.165) is 12.1 Å². The van der Waals surface area contributed by atoms with Crippen molar-refractivity contribution in [2.45, 2.75) is 141 Å². The first-order valence-corrected chi connectivity index (χ1v) is 39.9. The molecule has 0 saturated carbocycles. The molecule has 6 aliphatic heterocycles. The molecule has 115 heavy (non-hydrogen) atoms. The van der Waals surface area contributed by atoms with Crippen LogP contribution in [-0.2, 0) is 43.0 Å². The van der Waals surface area contributed by atoms with Gasteiger partial charge in [0.15, 0.2) is 32.5 Å². The van der Waals surface area contributed by atoms with Crippen molar-refractivity contribution in [1.29, 1.82) is 0 Å². The highest BCUT2D eigenvalue weighted by molar-refractivity contribution is 9.10. The molecular formula is C76H80BrCl2F9N12O12S3. The van der Waals surface area contributed by atoms with Gasteiger partial charge < -0.3 is 45.5 Å². The highest BCUT2D eigenvalue weighted by Crippen LogP contribution is 2.53. The van der Waals surface area contributed by atoms with Crippen molar-refractivity contribution >= 4 is 126 Å². The maximum Gasteiger partial charge on any atom is 0.338 e. The first-order chi connectivity index (χ1) is 54.1. The molecule has 618 valence electrons. The Kier molecular flexibility index (Phi) is 27.8. The predicted octanol–water partition coefficient (Wildman–Crippen LogP) is 14.5. The number of alkyl halides is 6. The molecule has 12 rings (SSSR count). The number of carbonyl (C=O) groups excluding carboxylic acids is 3. The van der Waals surface area contributed by atoms with E-state index in [1.807, 2.05) is 0 Å². The average Bonchev–Trinajstić information content (AvgIpc) is 1.60. The second-order valence-corrected chi connectivity index (χ2v) is 33.6. The maximum absolute atomic E-state index is 15.2. The van der Waals surface area contributed by atoms with Crippen LogP contribution < -0.4 is 16.0 Å². The second-order valence-electron chi connectivity index (χ2n) is 29.2. The third kappa shape index (κ3) is 19.3. The van der Waals surface area contributed by atoms with Crippen molar-refractivity contribution in [1.82, 2.24) is 45.6 Å². The lowest BCUT2D eigenvalue weighted by molar-refractivity contribution is -0.139. The van der Waals surface area contributed by atoms with Gasteiger partial charge in [0.1, 0.15) is 35.6 Å². The van der Waals surface area contributed by atoms with E-state index in [0.29, 0.717) is 42.0 Å². The molecule has 6 aromatic rings. The normalized spacial score (nSPS) is 22.6. The van der Waals surface area contributed by atoms with Crippen LogP contribution in [0.1, 0.15) is 137 Å². The van der Waals surface area contributed by atoms with E-state index in [2.05, 4.69) is 56.8 Å². The highest BCUT2D eigenvalue weighted by Gasteiger charge is 2.63. The molecule has 9 heterocycles. The molecule has 0 radical (unpaired) electrons. The quantitative estimate of drug-likeness (QED) is 0.0176. The molecule has 3 aromatic heterocycles. The van der Waals surface area contributed by atoms with Crippen LogP contribution in [0, 0.1) is 33.7 Å². The van der Waals surface area contributed by atoms with Crippen LogP contribution in [0.5, 0.6) is 0 Å². The topological polar surface area (TPSA) is 312 Å². The first-order valence-electron chi connectivity index (χ1n) is 35.7. The number of carboxylic acids is 3. The SMILES string of the molecule is CCOC(=O)C1=C(CN2CC(F)(F)C(C)(C)C2CCC(=O)O)NC(c2nccs2)=N[C@H]1c1ccc(F)cc1Cl.COC(=O)C1=C(CN2CC(F)(F)C(C)(C)[C@@H]2CCC(=O)O)NC(c2nccs2)=N[C@H]1c1ccc(F)cc1Br.COC(=O)C1=C(CN2CC(F)(F)C(C)(C)[C@@H]2CCC(=O)O)NC(c2nccs2)=N[C@H]1c1ccc(F)cc1Cl. The van der Waals surface area contributed by atoms with Gasteiger partial charge in [0, 0.05) is 151 Å². The summed E-state index contributed by atoms with van der Waals surface area (Å²) in [6.45, 7) is 7.80. The number of ether oxygens (including phenoxy) is 3. The Hall–Kier alpha value is -8.69. The van der Waals surface area contributed by atoms with Gasteiger partial charge in [-0.05, 0) is 68.1 Å². The number of likely N-dealkylation sites (tertiary alicyclic amines) is 3. The standard InChI is InChI=1S/C26H28ClF3N4O4S.C25H26BrF3N4O4S.C25H26ClF3N4O4S/c1-4-38-24(37)20-17(12-34-13-26(29,30)25(2,3)18(34)7-8-19(35)36)32-22(23-31-9-10-39-23)33-21(20)15-6-5-14(28)11-16(15)27;2*1-24(2)17(6-7-18(34)35)33(12-25(24,28)29)11-16-19(23(36)37-3)20(14-5-4-13(27)10-15(14)26)32-21(31-16)22-30-8-9-38-22/h5-6,9-11,18,21H,4,7-8,12-13H2,1-3H3,(H,32,33)(H,35,36);2*4-5,8-10,17,20H,6-7,11-12H2,1-3H3,(H,31,32)(H,34,35)/t18?,21-;2*17-,20-/m000/s1. The van der Waals surface area contributed by atoms with Crippen LogP contribution in [0.25, 0.3) is 0 Å². The van der Waals surface area contributed by atoms with Crippen LogP contribution in [0.2, 0.25) is 10.0 Å². The summed E-state index contributed by atoms with van der Waals surface area (Å²) in [5.41, 5.74) is -2.60. The van der Waals surface area contributed by atoms with Gasteiger partial charge in [-0.15, -0.1) is 34.0 Å². The number of aliphatic imine (C=N–C) groups is 3. The van der Waals surface area contributed by atoms with E-state index in [1.54, 1.807) is 41.7 Å². The first kappa shape index (κ1) is 88.7. The summed E-state index contributed by atoms with van der Waals surface area (Å²) < 4.78 is 148. The fourth-order valence-electron chi connectivity index (χ4n) is 14.8. The Labute approximate surface area is 684 Å². The number of thiazole rings is 3. The number of methoxy groups -OCH3 is 2. The Bertz CT molecular complexity index is 4660. The van der Waals surface area contributed by atoms with Gasteiger partial charge in [-0.3, -0.25) is 44.1 Å². The minimum Gasteiger partial charge on any atom is -0.481 e. The fraction of sp³-hybridized carbons (Fsp3) is 0.447. The monoisotopic (exact) mass is 1770 g/mol. The van der Waals surface area contributed by atoms with E-state index in [-0.39, 0.29) is 120 Å². The minimum atomic E-state index is -3.12. The zero-order chi connectivity index (χ0) is 84.2. The smallest absolute Gasteiger partial charge is 0.338 e. The van der Waals surface area contributed by atoms with Crippen LogP contribution >= 0.6 is 73.1 Å². The van der Waals surface area contributed by atoms with Gasteiger partial charge in [-0.25, -0.2) is 68.8 Å². The zero-order valence-corrected chi connectivity index (χ0v) is 68.7. The van der Waals surface area contributed by atoms with Gasteiger partial charge in [0.25, 0.3) is 17.8 Å². The summed E-state index contributed by atoms with van der Waals surface area (Å²) in [7, 11) is 2.38. The number of nitrogens with one attached hydrogen (secondary N) is 3. The lowest BCUT2D eigenvalue weighted by Crippen LogP contribution is -2.44. The Morgan fingerprint density at radius 1 is 0.496 bits per heavy atom. The van der Waals surface area contributed by atoms with Crippen molar-refractivity contribution < 1.29 is 97.8 Å². The molecule has 3 aromatic carbocycles. The largest absolute Gasteiger partial charge is 0.481 e. The van der Waals surface area contributed by atoms with Crippen molar-refractivity contribution in [2.24, 2.45) is 31.2 Å². The van der Waals surface area contributed by atoms with Gasteiger partial charge in [-0.1, -0.05) is 98.9 Å². The van der Waals surface area contributed by atoms with Gasteiger partial charge in [-0.2, -0.15) is 0 Å². The zero-order valence-electron chi connectivity index (χ0n) is 63.1. The number of carbonyl (C=O) groups is 6. The molecule has 24 nitrogen and oxygen atoms in total. The number of halogens is 12. The lowest BCUT2D eigenvalue weighted by Gasteiger charge is -2.35. The van der Waals surface area contributed by atoms with Crippen molar-refractivity contribution in [3.8, 4) is 0 Å². The number of hydrogen-bond donors (Lipinski definition) is 6. The number of esters is 3. The van der Waals surface area contributed by atoms with Gasteiger partial charge >= 0.3 is 35.8 Å². The number of aliphatic carboxylic acids is 3. The number of hydrogen-bond acceptors (Lipinski definition) is 24. The van der Waals surface area contributed by atoms with Gasteiger partial charge in [0.2, 0.25) is 0 Å². The van der Waals surface area contributed by atoms with Crippen molar-refractivity contribution in [3.63, 3.8) is 0 Å². The molecular weight excluding hydrogens is 1690 g/mol. The molecule has 0 spiro atoms. The fourth-order valence-corrected chi connectivity index (χ4v) is 17.7. The second kappa shape index (κ2) is 36.0. The molecule has 1 unspecified atom stereocenters. The van der Waals surface area contributed by atoms with Crippen LogP contribution in [0.4, 0.5) is 39.5 Å². The summed E-state index contributed by atoms with van der Waals surface area (Å²) in [5.74, 6) is -15.6. The third-order valence-electron chi connectivity index (χ3n) is 21.2. The van der Waals surface area contributed by atoms with Crippen LogP contribution in [0.15, 0.2) is 143 Å². The summed E-state index contributed by atoms with van der Waals surface area (Å²) in [6.07, 6.45) is 3.81. The summed E-state index contributed by atoms with van der Waals surface area (Å²) in [6, 6.07) is 5.91. The summed E-state index contributed by atoms with van der Waals surface area (Å²) in [4.78, 5) is 105. The minimum absolute atomic E-state index is 0.000867. The van der Waals surface area contributed by atoms with E-state index in [9.17, 15) is 57.3 Å². The molecule has 39 heteroatoms. The molecule has 3 saturated heterocycles. The Morgan fingerprint density at radius 2 is 0.791 bits per heavy atom. The van der Waals surface area contributed by atoms with Gasteiger partial charge in [0.05, 0.1) is 57.2 Å². The Morgan fingerprint density at radius 3 is 1.06 bits per heavy atom. The summed E-state index contributed by atoms with van der Waals surface area (Å²) >= 11 is 19.9. The van der Waals surface area contributed by atoms with Crippen molar-refractivity contribution in [3.05, 3.63) is 187 Å². The molecule has 3 fully saturated rings. The highest BCUT2D eigenvalue weighted by atomic mass is 79.9. The lowest BCUT2D eigenvalue weighted by atomic mass is 9.79. The van der Waals surface area contributed by atoms with E-state index >= 15 is 26.3 Å². The molecule has 0 bridgehead atoms. The molecule has 6 N–H and O–H groups in total. The number of amidine groups is 3. The third-order valence-corrected chi connectivity index (χ3v) is 24.9. The number of benzene rings is 3. The number of nitrogens with zero attached hydrogens (tertiary/aromatic N) is 9. The van der Waals surface area contributed by atoms with Crippen LogP contribution in [0.3, 0.4) is 0 Å². The van der Waals surface area contributed by atoms with E-state index < -0.39 is 143 Å². The Balaban J connectivity index is 0.000000182. The van der Waals surface area contributed by atoms with E-state index in [1.165, 1.54) is 147 Å². The van der Waals surface area contributed by atoms with Crippen molar-refractivity contribution in [2.75, 3.05) is 60.1 Å². The number of aromatic nitrogens is 3. The molecule has 0 aliphatic carbocycles. The molecule has 0 amide bonds. The number of rotatable bonds is 25. The maximum atomic E-state index is 15.2.